The fourth-order valence-electron chi connectivity index (χ4n) is 3.72. The van der Waals surface area contributed by atoms with Crippen LogP contribution in [0.3, 0.4) is 0 Å². The molecule has 10 heteroatoms. The molecule has 0 aromatic heterocycles. The summed E-state index contributed by atoms with van der Waals surface area (Å²) in [5.74, 6) is -1.26. The van der Waals surface area contributed by atoms with E-state index in [9.17, 15) is 19.2 Å². The summed E-state index contributed by atoms with van der Waals surface area (Å²) in [5.41, 5.74) is 5.11. The van der Waals surface area contributed by atoms with Gasteiger partial charge in [-0.05, 0) is 25.0 Å². The number of hydrogen-bond donors (Lipinski definition) is 4. The Bertz CT molecular complexity index is 795. The van der Waals surface area contributed by atoms with E-state index in [0.717, 1.165) is 24.2 Å². The van der Waals surface area contributed by atoms with Gasteiger partial charge >= 0.3 is 6.03 Å². The van der Waals surface area contributed by atoms with Crippen LogP contribution >= 0.6 is 12.4 Å². The van der Waals surface area contributed by atoms with Crippen LogP contribution in [0.25, 0.3) is 0 Å². The summed E-state index contributed by atoms with van der Waals surface area (Å²) in [6.07, 6.45) is 3.97. The van der Waals surface area contributed by atoms with Gasteiger partial charge in [0.1, 0.15) is 12.1 Å². The Labute approximate surface area is 175 Å². The number of nitrogens with two attached hydrogens (primary N) is 1. The second-order valence-electron chi connectivity index (χ2n) is 7.10. The molecule has 5 amide bonds. The van der Waals surface area contributed by atoms with Crippen LogP contribution in [0.15, 0.2) is 24.3 Å². The van der Waals surface area contributed by atoms with Crippen molar-refractivity contribution in [2.75, 3.05) is 25.0 Å². The van der Waals surface area contributed by atoms with E-state index in [4.69, 9.17) is 5.73 Å². The molecule has 0 radical (unpaired) electrons. The monoisotopic (exact) mass is 423 g/mol. The van der Waals surface area contributed by atoms with Gasteiger partial charge < -0.3 is 21.7 Å². The average Bonchev–Trinajstić information content (AvgIpc) is 2.91. The second kappa shape index (κ2) is 9.71. The molecule has 1 spiro atoms. The molecule has 0 atom stereocenters. The third kappa shape index (κ3) is 4.86. The molecule has 1 saturated heterocycles. The Morgan fingerprint density at radius 3 is 2.52 bits per heavy atom. The number of halogens is 1. The summed E-state index contributed by atoms with van der Waals surface area (Å²) >= 11 is 0. The van der Waals surface area contributed by atoms with E-state index in [1.54, 1.807) is 24.3 Å². The molecule has 1 aromatic rings. The highest BCUT2D eigenvalue weighted by atomic mass is 35.5. The number of carbonyl (C=O) groups excluding carboxylic acids is 4. The van der Waals surface area contributed by atoms with Gasteiger partial charge in [-0.1, -0.05) is 31.4 Å². The summed E-state index contributed by atoms with van der Waals surface area (Å²) in [6, 6.07) is 5.98. The molecule has 1 saturated carbocycles. The first-order valence-corrected chi connectivity index (χ1v) is 9.48. The van der Waals surface area contributed by atoms with Crippen molar-refractivity contribution in [3.8, 4) is 0 Å². The Hall–Kier alpha value is -2.65. The van der Waals surface area contributed by atoms with Gasteiger partial charge in [0.05, 0.1) is 11.3 Å². The molecular weight excluding hydrogens is 398 g/mol. The molecule has 5 N–H and O–H groups in total. The van der Waals surface area contributed by atoms with Crippen LogP contribution < -0.4 is 21.7 Å². The van der Waals surface area contributed by atoms with Crippen molar-refractivity contribution in [3.63, 3.8) is 0 Å². The topological polar surface area (TPSA) is 134 Å². The van der Waals surface area contributed by atoms with Crippen molar-refractivity contribution in [1.29, 1.82) is 0 Å². The average molecular weight is 424 g/mol. The van der Waals surface area contributed by atoms with Crippen molar-refractivity contribution >= 4 is 41.8 Å². The standard InChI is InChI=1S/C19H25N5O4.ClH/c20-10-11-21-16(26)13-6-2-3-7-14(13)22-15(25)12-24-17(27)19(23-18(24)28)8-4-1-5-9-19;/h2-3,6-7H,1,4-5,8-12,20H2,(H,21,26)(H,22,25)(H,23,28);1H. The number of hydrogen-bond acceptors (Lipinski definition) is 5. The summed E-state index contributed by atoms with van der Waals surface area (Å²) in [7, 11) is 0. The van der Waals surface area contributed by atoms with Crippen LogP contribution in [-0.2, 0) is 9.59 Å². The Morgan fingerprint density at radius 1 is 1.14 bits per heavy atom. The first-order valence-electron chi connectivity index (χ1n) is 9.48. The van der Waals surface area contributed by atoms with Gasteiger partial charge in [-0.2, -0.15) is 0 Å². The molecule has 2 fully saturated rings. The van der Waals surface area contributed by atoms with Gasteiger partial charge in [-0.15, -0.1) is 12.4 Å². The Morgan fingerprint density at radius 2 is 1.83 bits per heavy atom. The number of para-hydroxylation sites is 1. The van der Waals surface area contributed by atoms with Gasteiger partial charge in [0.15, 0.2) is 0 Å². The minimum atomic E-state index is -0.865. The van der Waals surface area contributed by atoms with Crippen molar-refractivity contribution < 1.29 is 19.2 Å². The lowest BCUT2D eigenvalue weighted by Gasteiger charge is -2.30. The van der Waals surface area contributed by atoms with Gasteiger partial charge in [0.2, 0.25) is 5.91 Å². The third-order valence-electron chi connectivity index (χ3n) is 5.13. The second-order valence-corrected chi connectivity index (χ2v) is 7.10. The first-order chi connectivity index (χ1) is 13.5. The minimum Gasteiger partial charge on any atom is -0.351 e. The summed E-state index contributed by atoms with van der Waals surface area (Å²) < 4.78 is 0. The molecule has 1 aliphatic heterocycles. The number of benzene rings is 1. The number of urea groups is 1. The van der Waals surface area contributed by atoms with E-state index < -0.39 is 24.0 Å². The molecule has 2 aliphatic rings. The first kappa shape index (κ1) is 22.6. The quantitative estimate of drug-likeness (QED) is 0.506. The Balaban J connectivity index is 0.00000300. The van der Waals surface area contributed by atoms with Crippen molar-refractivity contribution in [3.05, 3.63) is 29.8 Å². The predicted molar refractivity (Wildman–Crippen MR) is 110 cm³/mol. The van der Waals surface area contributed by atoms with Crippen LogP contribution in [0.1, 0.15) is 42.5 Å². The van der Waals surface area contributed by atoms with Crippen LogP contribution in [0.4, 0.5) is 10.5 Å². The van der Waals surface area contributed by atoms with E-state index in [0.29, 0.717) is 31.6 Å². The summed E-state index contributed by atoms with van der Waals surface area (Å²) in [6.45, 7) is 0.213. The molecule has 29 heavy (non-hydrogen) atoms. The summed E-state index contributed by atoms with van der Waals surface area (Å²) in [5, 5.41) is 8.04. The normalized spacial score (nSPS) is 17.5. The molecule has 1 heterocycles. The highest BCUT2D eigenvalue weighted by molar-refractivity contribution is 6.11. The Kier molecular flexibility index (Phi) is 7.58. The lowest BCUT2D eigenvalue weighted by atomic mass is 9.82. The van der Waals surface area contributed by atoms with E-state index in [1.165, 1.54) is 0 Å². The number of nitrogens with one attached hydrogen (secondary N) is 3. The number of rotatable bonds is 6. The molecule has 0 unspecified atom stereocenters. The highest BCUT2D eigenvalue weighted by Gasteiger charge is 2.51. The molecule has 9 nitrogen and oxygen atoms in total. The van der Waals surface area contributed by atoms with Gasteiger partial charge in [-0.25, -0.2) is 4.79 Å². The van der Waals surface area contributed by atoms with Crippen LogP contribution in [0.2, 0.25) is 0 Å². The van der Waals surface area contributed by atoms with E-state index in [-0.39, 0.29) is 29.8 Å². The lowest BCUT2D eigenvalue weighted by Crippen LogP contribution is -2.48. The largest absolute Gasteiger partial charge is 0.351 e. The van der Waals surface area contributed by atoms with E-state index in [1.807, 2.05) is 0 Å². The van der Waals surface area contributed by atoms with Crippen molar-refractivity contribution in [2.24, 2.45) is 5.73 Å². The SMILES string of the molecule is Cl.NCCNC(=O)c1ccccc1NC(=O)CN1C(=O)NC2(CCCCC2)C1=O. The van der Waals surface area contributed by atoms with E-state index in [2.05, 4.69) is 16.0 Å². The van der Waals surface area contributed by atoms with Crippen molar-refractivity contribution in [1.82, 2.24) is 15.5 Å². The highest BCUT2D eigenvalue weighted by Crippen LogP contribution is 2.33. The number of nitrogens with zero attached hydrogens (tertiary/aromatic N) is 1. The van der Waals surface area contributed by atoms with E-state index >= 15 is 0 Å². The van der Waals surface area contributed by atoms with Gasteiger partial charge in [0.25, 0.3) is 11.8 Å². The van der Waals surface area contributed by atoms with Gasteiger partial charge in [0, 0.05) is 13.1 Å². The third-order valence-corrected chi connectivity index (χ3v) is 5.13. The minimum absolute atomic E-state index is 0. The number of carbonyl (C=O) groups is 4. The fourth-order valence-corrected chi connectivity index (χ4v) is 3.72. The molecule has 1 aliphatic carbocycles. The lowest BCUT2D eigenvalue weighted by molar-refractivity contribution is -0.134. The molecule has 3 rings (SSSR count). The summed E-state index contributed by atoms with van der Waals surface area (Å²) in [4.78, 5) is 50.7. The van der Waals surface area contributed by atoms with Gasteiger partial charge in [-0.3, -0.25) is 19.3 Å². The maximum atomic E-state index is 12.8. The fraction of sp³-hybridized carbons (Fsp3) is 0.474. The van der Waals surface area contributed by atoms with Crippen LogP contribution in [-0.4, -0.2) is 53.8 Å². The maximum absolute atomic E-state index is 12.8. The molecule has 1 aromatic carbocycles. The molecule has 158 valence electrons. The number of imide groups is 1. The zero-order chi connectivity index (χ0) is 20.1. The predicted octanol–water partition coefficient (Wildman–Crippen LogP) is 0.990. The maximum Gasteiger partial charge on any atom is 0.325 e. The van der Waals surface area contributed by atoms with Crippen molar-refractivity contribution in [2.45, 2.75) is 37.6 Å². The van der Waals surface area contributed by atoms with Crippen LogP contribution in [0, 0.1) is 0 Å². The number of amides is 5. The molecule has 0 bridgehead atoms. The molecular formula is C19H26ClN5O4. The van der Waals surface area contributed by atoms with Crippen LogP contribution in [0.5, 0.6) is 0 Å². The zero-order valence-corrected chi connectivity index (χ0v) is 16.8. The number of anilines is 1. The zero-order valence-electron chi connectivity index (χ0n) is 16.0. The smallest absolute Gasteiger partial charge is 0.325 e.